The summed E-state index contributed by atoms with van der Waals surface area (Å²) in [5.41, 5.74) is 17.3. The highest BCUT2D eigenvalue weighted by Gasteiger charge is 2.32. The zero-order chi connectivity index (χ0) is 19.3. The zero-order valence-corrected chi connectivity index (χ0v) is 15.6. The lowest BCUT2D eigenvalue weighted by molar-refractivity contribution is 0.394. The summed E-state index contributed by atoms with van der Waals surface area (Å²) in [4.78, 5) is 4.60. The summed E-state index contributed by atoms with van der Waals surface area (Å²) in [6.45, 7) is 4.04. The first-order chi connectivity index (χ1) is 12.9. The van der Waals surface area contributed by atoms with Crippen molar-refractivity contribution in [3.8, 4) is 11.8 Å². The van der Waals surface area contributed by atoms with Crippen molar-refractivity contribution in [1.29, 1.82) is 5.26 Å². The maximum atomic E-state index is 9.71. The lowest BCUT2D eigenvalue weighted by Crippen LogP contribution is -2.21. The van der Waals surface area contributed by atoms with Crippen molar-refractivity contribution in [3.63, 3.8) is 0 Å². The van der Waals surface area contributed by atoms with E-state index in [2.05, 4.69) is 23.2 Å². The van der Waals surface area contributed by atoms with Crippen molar-refractivity contribution in [2.75, 3.05) is 5.73 Å². The molecule has 5 nitrogen and oxygen atoms in total. The predicted molar refractivity (Wildman–Crippen MR) is 106 cm³/mol. The predicted octanol–water partition coefficient (Wildman–Crippen LogP) is 4.31. The van der Waals surface area contributed by atoms with Gasteiger partial charge in [0.05, 0.1) is 11.4 Å². The zero-order valence-electron chi connectivity index (χ0n) is 14.9. The molecule has 134 valence electrons. The minimum absolute atomic E-state index is 0.0530. The molecule has 2 aromatic carbocycles. The fraction of sp³-hybridized carbons (Fsp3) is 0.143. The number of aryl methyl sites for hydroxylation is 2. The molecule has 0 saturated carbocycles. The molecular formula is C21H17ClN4O. The number of anilines is 1. The Labute approximate surface area is 161 Å². The van der Waals surface area contributed by atoms with Crippen LogP contribution in [0.25, 0.3) is 10.9 Å². The number of nitrogens with two attached hydrogens (primary N) is 2. The Hall–Kier alpha value is -3.23. The van der Waals surface area contributed by atoms with Gasteiger partial charge in [0.2, 0.25) is 5.88 Å². The van der Waals surface area contributed by atoms with Crippen LogP contribution in [0.1, 0.15) is 28.2 Å². The lowest BCUT2D eigenvalue weighted by Gasteiger charge is -2.27. The first kappa shape index (κ1) is 17.2. The quantitative estimate of drug-likeness (QED) is 0.487. The van der Waals surface area contributed by atoms with Gasteiger partial charge in [0, 0.05) is 28.3 Å². The Morgan fingerprint density at radius 1 is 1.11 bits per heavy atom. The number of nitrogens with zero attached hydrogens (tertiary/aromatic N) is 2. The van der Waals surface area contributed by atoms with Crippen molar-refractivity contribution >= 4 is 28.2 Å². The molecule has 0 radical (unpaired) electrons. The number of hydrogen-bond acceptors (Lipinski definition) is 5. The minimum Gasteiger partial charge on any atom is -0.440 e. The van der Waals surface area contributed by atoms with E-state index in [0.29, 0.717) is 27.7 Å². The summed E-state index contributed by atoms with van der Waals surface area (Å²) in [5.74, 6) is 0.106. The number of benzene rings is 2. The number of ether oxygens (including phenoxy) is 1. The molecule has 0 amide bonds. The van der Waals surface area contributed by atoms with E-state index in [1.54, 1.807) is 12.1 Å². The molecule has 27 heavy (non-hydrogen) atoms. The van der Waals surface area contributed by atoms with Gasteiger partial charge in [-0.25, -0.2) is 4.98 Å². The molecule has 3 aromatic rings. The molecular weight excluding hydrogens is 360 g/mol. The summed E-state index contributed by atoms with van der Waals surface area (Å²) >= 11 is 6.57. The molecule has 0 saturated heterocycles. The highest BCUT2D eigenvalue weighted by atomic mass is 35.5. The highest BCUT2D eigenvalue weighted by Crippen LogP contribution is 2.45. The van der Waals surface area contributed by atoms with Crippen molar-refractivity contribution in [3.05, 3.63) is 75.3 Å². The number of nitriles is 1. The second kappa shape index (κ2) is 6.19. The van der Waals surface area contributed by atoms with Crippen LogP contribution in [0, 0.1) is 25.2 Å². The Balaban J connectivity index is 2.02. The molecule has 1 atom stereocenters. The number of pyridine rings is 1. The Morgan fingerprint density at radius 3 is 2.63 bits per heavy atom. The fourth-order valence-electron chi connectivity index (χ4n) is 3.64. The minimum atomic E-state index is -0.468. The van der Waals surface area contributed by atoms with E-state index in [0.717, 1.165) is 27.6 Å². The van der Waals surface area contributed by atoms with Gasteiger partial charge in [-0.05, 0) is 37.6 Å². The van der Waals surface area contributed by atoms with Crippen LogP contribution in [0.3, 0.4) is 0 Å². The number of aromatic nitrogens is 1. The van der Waals surface area contributed by atoms with Crippen molar-refractivity contribution in [2.45, 2.75) is 19.8 Å². The van der Waals surface area contributed by atoms with Crippen LogP contribution >= 0.6 is 11.6 Å². The summed E-state index contributed by atoms with van der Waals surface area (Å²) in [6.07, 6.45) is 0. The third-order valence-electron chi connectivity index (χ3n) is 4.79. The van der Waals surface area contributed by atoms with E-state index in [-0.39, 0.29) is 5.88 Å². The number of halogens is 1. The van der Waals surface area contributed by atoms with E-state index >= 15 is 0 Å². The standard InChI is InChI=1S/C21H17ClN4O/c1-10-5-11(2)19-12(6-10)7-15(20(22)26-19)18-14-4-3-13(24)8-17(14)27-21(25)16(18)9-23/h3-8,18H,24-25H2,1-2H3/t18-/m0/s1. The highest BCUT2D eigenvalue weighted by molar-refractivity contribution is 6.30. The van der Waals surface area contributed by atoms with E-state index in [9.17, 15) is 5.26 Å². The van der Waals surface area contributed by atoms with Gasteiger partial charge in [0.15, 0.2) is 0 Å². The molecule has 0 fully saturated rings. The van der Waals surface area contributed by atoms with E-state index in [1.807, 2.05) is 26.0 Å². The third-order valence-corrected chi connectivity index (χ3v) is 5.09. The monoisotopic (exact) mass is 376 g/mol. The topological polar surface area (TPSA) is 98.0 Å². The van der Waals surface area contributed by atoms with Gasteiger partial charge in [-0.1, -0.05) is 29.3 Å². The Bertz CT molecular complexity index is 1180. The van der Waals surface area contributed by atoms with Crippen molar-refractivity contribution < 1.29 is 4.74 Å². The number of allylic oxidation sites excluding steroid dienone is 1. The SMILES string of the molecule is Cc1cc(C)c2nc(Cl)c([C@H]3C(C#N)=C(N)Oc4cc(N)ccc43)cc2c1. The van der Waals surface area contributed by atoms with Crippen LogP contribution in [0.5, 0.6) is 5.75 Å². The summed E-state index contributed by atoms with van der Waals surface area (Å²) in [7, 11) is 0. The molecule has 4 rings (SSSR count). The second-order valence-electron chi connectivity index (χ2n) is 6.74. The van der Waals surface area contributed by atoms with E-state index in [1.165, 1.54) is 0 Å². The summed E-state index contributed by atoms with van der Waals surface area (Å²) in [5, 5.41) is 11.0. The van der Waals surface area contributed by atoms with Crippen LogP contribution in [0.15, 0.2) is 47.9 Å². The van der Waals surface area contributed by atoms with E-state index in [4.69, 9.17) is 27.8 Å². The van der Waals surface area contributed by atoms with Gasteiger partial charge in [0.25, 0.3) is 0 Å². The molecule has 6 heteroatoms. The normalized spacial score (nSPS) is 16.0. The van der Waals surface area contributed by atoms with Crippen molar-refractivity contribution in [2.24, 2.45) is 5.73 Å². The maximum Gasteiger partial charge on any atom is 0.205 e. The molecule has 1 aliphatic rings. The van der Waals surface area contributed by atoms with Gasteiger partial charge in [-0.2, -0.15) is 5.26 Å². The Kier molecular flexibility index (Phi) is 3.94. The molecule has 1 aliphatic heterocycles. The molecule has 0 bridgehead atoms. The van der Waals surface area contributed by atoms with Crippen LogP contribution in [-0.4, -0.2) is 4.98 Å². The largest absolute Gasteiger partial charge is 0.440 e. The fourth-order valence-corrected chi connectivity index (χ4v) is 3.89. The van der Waals surface area contributed by atoms with E-state index < -0.39 is 5.92 Å². The molecule has 0 aliphatic carbocycles. The van der Waals surface area contributed by atoms with Gasteiger partial charge in [-0.15, -0.1) is 0 Å². The van der Waals surface area contributed by atoms with Crippen LogP contribution in [-0.2, 0) is 0 Å². The number of fused-ring (bicyclic) bond motifs is 2. The second-order valence-corrected chi connectivity index (χ2v) is 7.10. The maximum absolute atomic E-state index is 9.71. The smallest absolute Gasteiger partial charge is 0.205 e. The first-order valence-electron chi connectivity index (χ1n) is 8.43. The summed E-state index contributed by atoms with van der Waals surface area (Å²) < 4.78 is 5.62. The van der Waals surface area contributed by atoms with Crippen LogP contribution < -0.4 is 16.2 Å². The van der Waals surface area contributed by atoms with Gasteiger partial charge in [0.1, 0.15) is 22.5 Å². The van der Waals surface area contributed by atoms with Gasteiger partial charge >= 0.3 is 0 Å². The molecule has 2 heterocycles. The number of rotatable bonds is 1. The average Bonchev–Trinajstić information content (AvgIpc) is 2.60. The van der Waals surface area contributed by atoms with Crippen molar-refractivity contribution in [1.82, 2.24) is 4.98 Å². The molecule has 1 aromatic heterocycles. The molecule has 4 N–H and O–H groups in total. The van der Waals surface area contributed by atoms with Crippen LogP contribution in [0.4, 0.5) is 5.69 Å². The average molecular weight is 377 g/mol. The van der Waals surface area contributed by atoms with Crippen LogP contribution in [0.2, 0.25) is 5.15 Å². The molecule has 0 spiro atoms. The van der Waals surface area contributed by atoms with Gasteiger partial charge < -0.3 is 16.2 Å². The molecule has 0 unspecified atom stereocenters. The lowest BCUT2D eigenvalue weighted by atomic mass is 9.83. The number of nitrogen functional groups attached to an aromatic ring is 1. The first-order valence-corrected chi connectivity index (χ1v) is 8.81. The Morgan fingerprint density at radius 2 is 1.89 bits per heavy atom. The van der Waals surface area contributed by atoms with Gasteiger partial charge in [-0.3, -0.25) is 0 Å². The third kappa shape index (κ3) is 2.75. The number of hydrogen-bond donors (Lipinski definition) is 2. The summed E-state index contributed by atoms with van der Waals surface area (Å²) in [6, 6.07) is 13.6.